The number of hydrogen-bond acceptors (Lipinski definition) is 4. The summed E-state index contributed by atoms with van der Waals surface area (Å²) in [6.45, 7) is 4.88. The Morgan fingerprint density at radius 2 is 1.89 bits per heavy atom. The third kappa shape index (κ3) is 6.09. The Morgan fingerprint density at radius 1 is 1.14 bits per heavy atom. The number of amides is 2. The van der Waals surface area contributed by atoms with E-state index in [0.29, 0.717) is 12.3 Å². The summed E-state index contributed by atoms with van der Waals surface area (Å²) in [6, 6.07) is 17.2. The average Bonchev–Trinajstić information content (AvgIpc) is 3.36. The molecule has 0 fully saturated rings. The Labute approximate surface area is 210 Å². The Morgan fingerprint density at radius 3 is 2.60 bits per heavy atom. The highest BCUT2D eigenvalue weighted by molar-refractivity contribution is 7.10. The first-order chi connectivity index (χ1) is 17.0. The SMILES string of the molecule is CC[C@H](C)N(CC(=O)N1CCc2sccc2[C@H]1COc1ccc(F)cc1)C(=O)Cc1ccccc1. The number of nitrogens with zero attached hydrogens (tertiary/aromatic N) is 2. The molecule has 2 atom stereocenters. The number of carbonyl (C=O) groups excluding carboxylic acids is 2. The lowest BCUT2D eigenvalue weighted by Crippen LogP contribution is -2.50. The Bertz CT molecular complexity index is 1130. The number of rotatable bonds is 9. The summed E-state index contributed by atoms with van der Waals surface area (Å²) in [6.07, 6.45) is 1.82. The summed E-state index contributed by atoms with van der Waals surface area (Å²) in [5.41, 5.74) is 2.02. The molecule has 0 unspecified atom stereocenters. The Kier molecular flexibility index (Phi) is 8.18. The summed E-state index contributed by atoms with van der Waals surface area (Å²) in [5, 5.41) is 2.04. The smallest absolute Gasteiger partial charge is 0.242 e. The van der Waals surface area contributed by atoms with Gasteiger partial charge in [-0.15, -0.1) is 11.3 Å². The van der Waals surface area contributed by atoms with Crippen LogP contribution < -0.4 is 4.74 Å². The quantitative estimate of drug-likeness (QED) is 0.408. The molecule has 2 heterocycles. The summed E-state index contributed by atoms with van der Waals surface area (Å²) in [4.78, 5) is 31.6. The molecule has 184 valence electrons. The van der Waals surface area contributed by atoms with Crippen LogP contribution in [0, 0.1) is 5.82 Å². The molecule has 0 radical (unpaired) electrons. The highest BCUT2D eigenvalue weighted by Gasteiger charge is 2.34. The van der Waals surface area contributed by atoms with E-state index in [1.165, 1.54) is 17.0 Å². The molecule has 35 heavy (non-hydrogen) atoms. The topological polar surface area (TPSA) is 49.9 Å². The third-order valence-corrected chi connectivity index (χ3v) is 7.58. The molecule has 5 nitrogen and oxygen atoms in total. The zero-order valence-electron chi connectivity index (χ0n) is 20.2. The van der Waals surface area contributed by atoms with Gasteiger partial charge in [0.15, 0.2) is 0 Å². The molecular weight excluding hydrogens is 463 g/mol. The van der Waals surface area contributed by atoms with Gasteiger partial charge in [-0.3, -0.25) is 9.59 Å². The molecule has 7 heteroatoms. The maximum absolute atomic E-state index is 13.6. The molecule has 0 spiro atoms. The molecule has 1 aliphatic heterocycles. The minimum absolute atomic E-state index is 0.0349. The van der Waals surface area contributed by atoms with Crippen molar-refractivity contribution in [3.05, 3.63) is 87.9 Å². The predicted octanol–water partition coefficient (Wildman–Crippen LogP) is 5.26. The monoisotopic (exact) mass is 494 g/mol. The summed E-state index contributed by atoms with van der Waals surface area (Å²) >= 11 is 1.69. The van der Waals surface area contributed by atoms with Crippen molar-refractivity contribution < 1.29 is 18.7 Å². The molecule has 0 aliphatic carbocycles. The van der Waals surface area contributed by atoms with E-state index in [1.54, 1.807) is 28.4 Å². The number of hydrogen-bond donors (Lipinski definition) is 0. The first kappa shape index (κ1) is 24.9. The number of halogens is 1. The van der Waals surface area contributed by atoms with Crippen LogP contribution in [0.1, 0.15) is 42.3 Å². The van der Waals surface area contributed by atoms with Gasteiger partial charge in [0.05, 0.1) is 12.5 Å². The van der Waals surface area contributed by atoms with Crippen molar-refractivity contribution >= 4 is 23.2 Å². The molecule has 2 amide bonds. The van der Waals surface area contributed by atoms with Gasteiger partial charge in [-0.05, 0) is 66.6 Å². The number of thiophene rings is 1. The van der Waals surface area contributed by atoms with Crippen molar-refractivity contribution in [3.63, 3.8) is 0 Å². The van der Waals surface area contributed by atoms with Crippen LogP contribution in [-0.4, -0.2) is 47.4 Å². The second-order valence-corrected chi connectivity index (χ2v) is 9.86. The third-order valence-electron chi connectivity index (χ3n) is 6.58. The van der Waals surface area contributed by atoms with Crippen molar-refractivity contribution in [1.29, 1.82) is 0 Å². The van der Waals surface area contributed by atoms with Gasteiger partial charge in [0.1, 0.15) is 24.7 Å². The zero-order chi connectivity index (χ0) is 24.8. The van der Waals surface area contributed by atoms with Crippen molar-refractivity contribution in [2.75, 3.05) is 19.7 Å². The minimum atomic E-state index is -0.322. The van der Waals surface area contributed by atoms with Crippen molar-refractivity contribution in [3.8, 4) is 5.75 Å². The van der Waals surface area contributed by atoms with Gasteiger partial charge in [0, 0.05) is 17.5 Å². The van der Waals surface area contributed by atoms with Crippen LogP contribution in [0.25, 0.3) is 0 Å². The molecule has 0 bridgehead atoms. The molecule has 0 N–H and O–H groups in total. The first-order valence-electron chi connectivity index (χ1n) is 12.0. The van der Waals surface area contributed by atoms with Gasteiger partial charge in [-0.25, -0.2) is 4.39 Å². The van der Waals surface area contributed by atoms with Crippen LogP contribution in [0.5, 0.6) is 5.75 Å². The van der Waals surface area contributed by atoms with Gasteiger partial charge in [-0.1, -0.05) is 37.3 Å². The van der Waals surface area contributed by atoms with E-state index < -0.39 is 0 Å². The van der Waals surface area contributed by atoms with E-state index in [4.69, 9.17) is 4.74 Å². The van der Waals surface area contributed by atoms with Gasteiger partial charge < -0.3 is 14.5 Å². The van der Waals surface area contributed by atoms with Crippen LogP contribution in [0.2, 0.25) is 0 Å². The van der Waals surface area contributed by atoms with Crippen molar-refractivity contribution in [2.45, 2.75) is 45.2 Å². The van der Waals surface area contributed by atoms with Gasteiger partial charge >= 0.3 is 0 Å². The molecule has 0 saturated carbocycles. The van der Waals surface area contributed by atoms with Crippen LogP contribution in [0.4, 0.5) is 4.39 Å². The highest BCUT2D eigenvalue weighted by atomic mass is 32.1. The number of benzene rings is 2. The fourth-order valence-electron chi connectivity index (χ4n) is 4.40. The number of ether oxygens (including phenoxy) is 1. The van der Waals surface area contributed by atoms with E-state index in [2.05, 4.69) is 0 Å². The number of fused-ring (bicyclic) bond motifs is 1. The summed E-state index contributed by atoms with van der Waals surface area (Å²) in [7, 11) is 0. The second-order valence-electron chi connectivity index (χ2n) is 8.86. The van der Waals surface area contributed by atoms with Gasteiger partial charge in [0.2, 0.25) is 11.8 Å². The van der Waals surface area contributed by atoms with E-state index in [-0.39, 0.29) is 49.3 Å². The minimum Gasteiger partial charge on any atom is -0.491 e. The zero-order valence-corrected chi connectivity index (χ0v) is 21.0. The number of carbonyl (C=O) groups is 2. The predicted molar refractivity (Wildman–Crippen MR) is 136 cm³/mol. The van der Waals surface area contributed by atoms with Gasteiger partial charge in [0.25, 0.3) is 0 Å². The van der Waals surface area contributed by atoms with E-state index in [9.17, 15) is 14.0 Å². The normalized spacial score (nSPS) is 15.9. The maximum Gasteiger partial charge on any atom is 0.242 e. The van der Waals surface area contributed by atoms with Gasteiger partial charge in [-0.2, -0.15) is 0 Å². The lowest BCUT2D eigenvalue weighted by atomic mass is 10.00. The Balaban J connectivity index is 1.50. The molecule has 3 aromatic rings. The maximum atomic E-state index is 13.6. The molecular formula is C28H31FN2O3S. The fraction of sp³-hybridized carbons (Fsp3) is 0.357. The van der Waals surface area contributed by atoms with E-state index in [1.807, 2.05) is 60.5 Å². The van der Waals surface area contributed by atoms with E-state index in [0.717, 1.165) is 24.0 Å². The lowest BCUT2D eigenvalue weighted by Gasteiger charge is -2.38. The fourth-order valence-corrected chi connectivity index (χ4v) is 5.33. The summed E-state index contributed by atoms with van der Waals surface area (Å²) in [5.74, 6) is 0.0974. The molecule has 0 saturated heterocycles. The molecule has 1 aliphatic rings. The standard InChI is InChI=1S/C28H31FN2O3S/c1-3-20(2)31(27(32)17-21-7-5-4-6-8-21)18-28(33)30-15-13-26-24(14-16-35-26)25(30)19-34-23-11-9-22(29)10-12-23/h4-12,14,16,20,25H,3,13,15,17-19H2,1-2H3/t20-,25+/m0/s1. The lowest BCUT2D eigenvalue weighted by molar-refractivity contribution is -0.144. The van der Waals surface area contributed by atoms with E-state index >= 15 is 0 Å². The molecule has 1 aromatic heterocycles. The van der Waals surface area contributed by atoms with Crippen molar-refractivity contribution in [1.82, 2.24) is 9.80 Å². The second kappa shape index (κ2) is 11.5. The highest BCUT2D eigenvalue weighted by Crippen LogP contribution is 2.34. The van der Waals surface area contributed by atoms with Crippen molar-refractivity contribution in [2.24, 2.45) is 0 Å². The summed E-state index contributed by atoms with van der Waals surface area (Å²) < 4.78 is 19.3. The van der Waals surface area contributed by atoms with Crippen LogP contribution >= 0.6 is 11.3 Å². The van der Waals surface area contributed by atoms with Crippen LogP contribution in [0.15, 0.2) is 66.0 Å². The molecule has 2 aromatic carbocycles. The molecule has 4 rings (SSSR count). The largest absolute Gasteiger partial charge is 0.491 e. The van der Waals surface area contributed by atoms with Crippen LogP contribution in [0.3, 0.4) is 0 Å². The Hall–Kier alpha value is -3.19. The van der Waals surface area contributed by atoms with Crippen LogP contribution in [-0.2, 0) is 22.4 Å². The first-order valence-corrected chi connectivity index (χ1v) is 12.9. The average molecular weight is 495 g/mol.